The Balaban J connectivity index is 0.00000225. The van der Waals surface area contributed by atoms with E-state index in [-0.39, 0.29) is 18.0 Å². The Labute approximate surface area is 105 Å². The predicted molar refractivity (Wildman–Crippen MR) is 60.0 cm³/mol. The van der Waals surface area contributed by atoms with Gasteiger partial charge in [-0.05, 0) is 18.2 Å². The third-order valence-electron chi connectivity index (χ3n) is 1.59. The van der Waals surface area contributed by atoms with Crippen molar-refractivity contribution in [3.63, 3.8) is 0 Å². The number of hydrogen-bond donors (Lipinski definition) is 2. The van der Waals surface area contributed by atoms with Crippen LogP contribution in [-0.4, -0.2) is 16.9 Å². The highest BCUT2D eigenvalue weighted by Crippen LogP contribution is 2.16. The van der Waals surface area contributed by atoms with Gasteiger partial charge >= 0.3 is 5.97 Å². The molecule has 5 nitrogen and oxygen atoms in total. The Hall–Kier alpha value is -1.18. The molecule has 0 radical (unpaired) electrons. The number of carbonyl (C=O) groups is 1. The molecular weight excluding hydrogens is 306 g/mol. The summed E-state index contributed by atoms with van der Waals surface area (Å²) in [5.74, 6) is 2.73. The SMILES string of the molecule is Cl.NOC(=O)C(=NO)c1ccc(Br)cc1F. The van der Waals surface area contributed by atoms with Gasteiger partial charge in [0.05, 0.1) is 0 Å². The Morgan fingerprint density at radius 3 is 2.62 bits per heavy atom. The van der Waals surface area contributed by atoms with E-state index in [0.29, 0.717) is 4.47 Å². The van der Waals surface area contributed by atoms with Crippen LogP contribution in [0.25, 0.3) is 0 Å². The Morgan fingerprint density at radius 2 is 2.19 bits per heavy atom. The van der Waals surface area contributed by atoms with E-state index in [4.69, 9.17) is 5.21 Å². The zero-order chi connectivity index (χ0) is 11.4. The van der Waals surface area contributed by atoms with Crippen molar-refractivity contribution in [3.05, 3.63) is 34.1 Å². The standard InChI is InChI=1S/C8H6BrFN2O3.ClH/c9-4-1-2-5(6(10)3-4)7(12-14)8(13)15-11;/h1-3,14H,11H2;1H. The average molecular weight is 314 g/mol. The van der Waals surface area contributed by atoms with E-state index >= 15 is 0 Å². The summed E-state index contributed by atoms with van der Waals surface area (Å²) in [4.78, 5) is 14.8. The normalized spacial score (nSPS) is 10.6. The fraction of sp³-hybridized carbons (Fsp3) is 0. The molecule has 3 N–H and O–H groups in total. The molecule has 0 spiro atoms. The first-order valence-electron chi connectivity index (χ1n) is 3.68. The number of rotatable bonds is 2. The lowest BCUT2D eigenvalue weighted by Crippen LogP contribution is -2.22. The van der Waals surface area contributed by atoms with Gasteiger partial charge in [0.1, 0.15) is 5.82 Å². The zero-order valence-electron chi connectivity index (χ0n) is 7.68. The number of hydrogen-bond acceptors (Lipinski definition) is 5. The number of carbonyl (C=O) groups excluding carboxylic acids is 1. The molecule has 0 saturated carbocycles. The molecule has 0 aliphatic rings. The molecule has 8 heteroatoms. The molecule has 16 heavy (non-hydrogen) atoms. The summed E-state index contributed by atoms with van der Waals surface area (Å²) in [5, 5.41) is 11.2. The first-order valence-corrected chi connectivity index (χ1v) is 4.48. The highest BCUT2D eigenvalue weighted by molar-refractivity contribution is 9.10. The molecule has 0 aliphatic heterocycles. The molecule has 0 heterocycles. The summed E-state index contributed by atoms with van der Waals surface area (Å²) in [6.45, 7) is 0. The van der Waals surface area contributed by atoms with Gasteiger partial charge in [0.25, 0.3) is 0 Å². The van der Waals surface area contributed by atoms with Gasteiger partial charge in [-0.2, -0.15) is 5.90 Å². The third kappa shape index (κ3) is 3.16. The summed E-state index contributed by atoms with van der Waals surface area (Å²) < 4.78 is 13.8. The van der Waals surface area contributed by atoms with Crippen LogP contribution in [0.4, 0.5) is 4.39 Å². The first-order chi connectivity index (χ1) is 7.10. The van der Waals surface area contributed by atoms with Gasteiger partial charge in [-0.25, -0.2) is 9.18 Å². The van der Waals surface area contributed by atoms with E-state index in [1.54, 1.807) is 0 Å². The maximum absolute atomic E-state index is 13.3. The quantitative estimate of drug-likeness (QED) is 0.493. The molecular formula is C8H7BrClFN2O3. The Kier molecular flexibility index (Phi) is 5.94. The highest BCUT2D eigenvalue weighted by Gasteiger charge is 2.19. The second-order valence-corrected chi connectivity index (χ2v) is 3.39. The van der Waals surface area contributed by atoms with Gasteiger partial charge < -0.3 is 10.0 Å². The second kappa shape index (κ2) is 6.41. The maximum atomic E-state index is 13.3. The number of nitrogens with zero attached hydrogens (tertiary/aromatic N) is 1. The fourth-order valence-electron chi connectivity index (χ4n) is 0.942. The van der Waals surface area contributed by atoms with Crippen LogP contribution in [0.3, 0.4) is 0 Å². The van der Waals surface area contributed by atoms with Crippen molar-refractivity contribution in [3.8, 4) is 0 Å². The zero-order valence-corrected chi connectivity index (χ0v) is 10.1. The predicted octanol–water partition coefficient (Wildman–Crippen LogP) is 1.61. The van der Waals surface area contributed by atoms with E-state index in [1.807, 2.05) is 0 Å². The van der Waals surface area contributed by atoms with Crippen molar-refractivity contribution < 1.29 is 19.2 Å². The van der Waals surface area contributed by atoms with Crippen LogP contribution in [0.2, 0.25) is 0 Å². The molecule has 0 aliphatic carbocycles. The summed E-state index contributed by atoms with van der Waals surface area (Å²) in [6, 6.07) is 3.85. The summed E-state index contributed by atoms with van der Waals surface area (Å²) >= 11 is 3.04. The third-order valence-corrected chi connectivity index (χ3v) is 2.08. The van der Waals surface area contributed by atoms with Crippen molar-refractivity contribution in [2.75, 3.05) is 0 Å². The van der Waals surface area contributed by atoms with Gasteiger partial charge in [0.15, 0.2) is 5.71 Å². The minimum absolute atomic E-state index is 0. The van der Waals surface area contributed by atoms with Crippen LogP contribution >= 0.6 is 28.3 Å². The van der Waals surface area contributed by atoms with Crippen LogP contribution in [-0.2, 0) is 9.63 Å². The van der Waals surface area contributed by atoms with Gasteiger partial charge in [0, 0.05) is 10.0 Å². The maximum Gasteiger partial charge on any atom is 0.379 e. The van der Waals surface area contributed by atoms with Crippen molar-refractivity contribution in [2.24, 2.45) is 11.1 Å². The fourth-order valence-corrected chi connectivity index (χ4v) is 1.28. The molecule has 0 atom stereocenters. The lowest BCUT2D eigenvalue weighted by Gasteiger charge is -2.03. The molecule has 0 amide bonds. The van der Waals surface area contributed by atoms with E-state index < -0.39 is 17.5 Å². The molecule has 0 saturated heterocycles. The van der Waals surface area contributed by atoms with Crippen LogP contribution in [0.5, 0.6) is 0 Å². The number of halogens is 3. The largest absolute Gasteiger partial charge is 0.410 e. The first kappa shape index (κ1) is 14.8. The molecule has 1 aromatic rings. The Bertz CT molecular complexity index is 428. The van der Waals surface area contributed by atoms with E-state index in [9.17, 15) is 9.18 Å². The van der Waals surface area contributed by atoms with Gasteiger partial charge in [-0.3, -0.25) is 0 Å². The van der Waals surface area contributed by atoms with E-state index in [1.165, 1.54) is 12.1 Å². The van der Waals surface area contributed by atoms with Crippen LogP contribution < -0.4 is 5.90 Å². The van der Waals surface area contributed by atoms with Crippen molar-refractivity contribution in [1.29, 1.82) is 0 Å². The van der Waals surface area contributed by atoms with Gasteiger partial charge in [-0.1, -0.05) is 21.1 Å². The summed E-state index contributed by atoms with van der Waals surface area (Å²) in [6.07, 6.45) is 0. The van der Waals surface area contributed by atoms with Gasteiger partial charge in [-0.15, -0.1) is 12.4 Å². The molecule has 1 aromatic carbocycles. The van der Waals surface area contributed by atoms with Crippen LogP contribution in [0.1, 0.15) is 5.56 Å². The van der Waals surface area contributed by atoms with Crippen molar-refractivity contribution in [2.45, 2.75) is 0 Å². The molecule has 0 unspecified atom stereocenters. The molecule has 88 valence electrons. The molecule has 0 bridgehead atoms. The van der Waals surface area contributed by atoms with E-state index in [0.717, 1.165) is 6.07 Å². The van der Waals surface area contributed by atoms with Crippen molar-refractivity contribution in [1.82, 2.24) is 0 Å². The van der Waals surface area contributed by atoms with Crippen LogP contribution in [0, 0.1) is 5.82 Å². The topological polar surface area (TPSA) is 84.9 Å². The lowest BCUT2D eigenvalue weighted by atomic mass is 10.1. The molecule has 0 aromatic heterocycles. The smallest absolute Gasteiger partial charge is 0.379 e. The number of oxime groups is 1. The minimum Gasteiger partial charge on any atom is -0.410 e. The lowest BCUT2D eigenvalue weighted by molar-refractivity contribution is -0.136. The Morgan fingerprint density at radius 1 is 1.56 bits per heavy atom. The number of nitrogens with two attached hydrogens (primary N) is 1. The summed E-state index contributed by atoms with van der Waals surface area (Å²) in [7, 11) is 0. The average Bonchev–Trinajstić information content (AvgIpc) is 2.21. The molecule has 1 rings (SSSR count). The number of benzene rings is 1. The minimum atomic E-state index is -1.13. The van der Waals surface area contributed by atoms with Crippen LogP contribution in [0.15, 0.2) is 27.8 Å². The van der Waals surface area contributed by atoms with E-state index in [2.05, 4.69) is 31.8 Å². The van der Waals surface area contributed by atoms with Crippen molar-refractivity contribution >= 4 is 40.0 Å². The summed E-state index contributed by atoms with van der Waals surface area (Å²) in [5.41, 5.74) is -0.793. The molecule has 0 fully saturated rings. The van der Waals surface area contributed by atoms with Gasteiger partial charge in [0.2, 0.25) is 0 Å². The second-order valence-electron chi connectivity index (χ2n) is 2.48. The highest BCUT2D eigenvalue weighted by atomic mass is 79.9. The monoisotopic (exact) mass is 312 g/mol.